The number of carbonyl (C=O) groups is 1. The SMILES string of the molecule is COc1ccc(Cl)cc1NC(=O)C(C)Oc1ccccc1[N+](=O)[O-]. The Bertz CT molecular complexity index is 766. The summed E-state index contributed by atoms with van der Waals surface area (Å²) in [6.07, 6.45) is -0.963. The standard InChI is InChI=1S/C16H15ClN2O5/c1-10(24-15-6-4-3-5-13(15)19(21)22)16(20)18-12-9-11(17)7-8-14(12)23-2/h3-10H,1-2H3,(H,18,20). The number of amides is 1. The predicted octanol–water partition coefficient (Wildman–Crippen LogP) is 3.66. The van der Waals surface area contributed by atoms with E-state index in [1.807, 2.05) is 0 Å². The lowest BCUT2D eigenvalue weighted by Gasteiger charge is -2.16. The van der Waals surface area contributed by atoms with Gasteiger partial charge in [0.2, 0.25) is 0 Å². The third-order valence-electron chi connectivity index (χ3n) is 3.15. The first-order valence-corrected chi connectivity index (χ1v) is 7.34. The molecule has 1 unspecified atom stereocenters. The van der Waals surface area contributed by atoms with Gasteiger partial charge in [-0.25, -0.2) is 0 Å². The van der Waals surface area contributed by atoms with E-state index < -0.39 is 16.9 Å². The van der Waals surface area contributed by atoms with Crippen LogP contribution in [-0.4, -0.2) is 24.0 Å². The number of rotatable bonds is 6. The van der Waals surface area contributed by atoms with Gasteiger partial charge in [0.1, 0.15) is 5.75 Å². The Kier molecular flexibility index (Phi) is 5.59. The van der Waals surface area contributed by atoms with Crippen LogP contribution in [0.25, 0.3) is 0 Å². The molecule has 2 aromatic rings. The molecule has 0 aliphatic carbocycles. The molecule has 0 bridgehead atoms. The number of nitro groups is 1. The van der Waals surface area contributed by atoms with E-state index in [1.54, 1.807) is 18.2 Å². The fourth-order valence-electron chi connectivity index (χ4n) is 1.96. The smallest absolute Gasteiger partial charge is 0.310 e. The number of anilines is 1. The van der Waals surface area contributed by atoms with Crippen LogP contribution < -0.4 is 14.8 Å². The van der Waals surface area contributed by atoms with Gasteiger partial charge in [0.05, 0.1) is 17.7 Å². The van der Waals surface area contributed by atoms with E-state index in [2.05, 4.69) is 5.32 Å². The molecule has 0 heterocycles. The third kappa shape index (κ3) is 4.14. The molecular formula is C16H15ClN2O5. The van der Waals surface area contributed by atoms with Gasteiger partial charge < -0.3 is 14.8 Å². The Balaban J connectivity index is 2.14. The first-order valence-electron chi connectivity index (χ1n) is 6.97. The maximum atomic E-state index is 12.3. The van der Waals surface area contributed by atoms with E-state index in [-0.39, 0.29) is 11.4 Å². The summed E-state index contributed by atoms with van der Waals surface area (Å²) in [5, 5.41) is 14.0. The molecule has 8 heteroatoms. The minimum atomic E-state index is -0.963. The number of nitro benzene ring substituents is 1. The van der Waals surface area contributed by atoms with E-state index in [4.69, 9.17) is 21.1 Å². The van der Waals surface area contributed by atoms with Crippen LogP contribution in [0.5, 0.6) is 11.5 Å². The Morgan fingerprint density at radius 1 is 1.25 bits per heavy atom. The van der Waals surface area contributed by atoms with Crippen molar-refractivity contribution in [3.63, 3.8) is 0 Å². The molecule has 0 spiro atoms. The summed E-state index contributed by atoms with van der Waals surface area (Å²) in [6, 6.07) is 10.6. The van der Waals surface area contributed by atoms with Crippen LogP contribution >= 0.6 is 11.6 Å². The molecule has 0 aromatic heterocycles. The van der Waals surface area contributed by atoms with Gasteiger partial charge in [0.15, 0.2) is 11.9 Å². The summed E-state index contributed by atoms with van der Waals surface area (Å²) in [7, 11) is 1.46. The Labute approximate surface area is 143 Å². The number of methoxy groups -OCH3 is 1. The van der Waals surface area contributed by atoms with Gasteiger partial charge in [-0.1, -0.05) is 23.7 Å². The first-order chi connectivity index (χ1) is 11.4. The zero-order chi connectivity index (χ0) is 17.7. The van der Waals surface area contributed by atoms with Crippen LogP contribution in [0.4, 0.5) is 11.4 Å². The number of nitrogens with zero attached hydrogens (tertiary/aromatic N) is 1. The number of benzene rings is 2. The van der Waals surface area contributed by atoms with Gasteiger partial charge in [-0.3, -0.25) is 14.9 Å². The van der Waals surface area contributed by atoms with Gasteiger partial charge >= 0.3 is 5.69 Å². The van der Waals surface area contributed by atoms with Crippen LogP contribution in [-0.2, 0) is 4.79 Å². The van der Waals surface area contributed by atoms with Crippen molar-refractivity contribution >= 4 is 28.9 Å². The minimum Gasteiger partial charge on any atom is -0.495 e. The van der Waals surface area contributed by atoms with E-state index in [1.165, 1.54) is 38.3 Å². The van der Waals surface area contributed by atoms with Crippen molar-refractivity contribution in [1.29, 1.82) is 0 Å². The Morgan fingerprint density at radius 3 is 2.62 bits per heavy atom. The number of carbonyl (C=O) groups excluding carboxylic acids is 1. The molecule has 0 fully saturated rings. The highest BCUT2D eigenvalue weighted by molar-refractivity contribution is 6.31. The number of hydrogen-bond donors (Lipinski definition) is 1. The van der Waals surface area contributed by atoms with E-state index >= 15 is 0 Å². The summed E-state index contributed by atoms with van der Waals surface area (Å²) < 4.78 is 10.6. The molecule has 1 amide bonds. The van der Waals surface area contributed by atoms with Gasteiger partial charge in [0.25, 0.3) is 5.91 Å². The quantitative estimate of drug-likeness (QED) is 0.634. The van der Waals surface area contributed by atoms with Crippen LogP contribution in [0, 0.1) is 10.1 Å². The fourth-order valence-corrected chi connectivity index (χ4v) is 2.14. The molecule has 2 rings (SSSR count). The molecule has 0 aliphatic rings. The Hall–Kier alpha value is -2.80. The maximum absolute atomic E-state index is 12.3. The summed E-state index contributed by atoms with van der Waals surface area (Å²) in [6.45, 7) is 1.49. The molecule has 2 aromatic carbocycles. The highest BCUT2D eigenvalue weighted by Gasteiger charge is 2.21. The van der Waals surface area contributed by atoms with Crippen LogP contribution in [0.2, 0.25) is 5.02 Å². The zero-order valence-electron chi connectivity index (χ0n) is 13.0. The summed E-state index contributed by atoms with van der Waals surface area (Å²) >= 11 is 5.91. The van der Waals surface area contributed by atoms with Crippen molar-refractivity contribution in [1.82, 2.24) is 0 Å². The second-order valence-electron chi connectivity index (χ2n) is 4.82. The van der Waals surface area contributed by atoms with E-state index in [9.17, 15) is 14.9 Å². The topological polar surface area (TPSA) is 90.7 Å². The lowest BCUT2D eigenvalue weighted by Crippen LogP contribution is -2.30. The molecule has 0 radical (unpaired) electrons. The second kappa shape index (κ2) is 7.65. The van der Waals surface area contributed by atoms with Gasteiger partial charge in [0, 0.05) is 11.1 Å². The average Bonchev–Trinajstić information content (AvgIpc) is 2.55. The molecule has 0 saturated carbocycles. The number of ether oxygens (including phenoxy) is 2. The fraction of sp³-hybridized carbons (Fsp3) is 0.188. The molecule has 7 nitrogen and oxygen atoms in total. The number of nitrogens with one attached hydrogen (secondary N) is 1. The third-order valence-corrected chi connectivity index (χ3v) is 3.39. The molecule has 1 N–H and O–H groups in total. The van der Waals surface area contributed by atoms with Crippen molar-refractivity contribution < 1.29 is 19.2 Å². The van der Waals surface area contributed by atoms with E-state index in [0.717, 1.165) is 0 Å². The van der Waals surface area contributed by atoms with E-state index in [0.29, 0.717) is 16.5 Å². The molecule has 126 valence electrons. The first kappa shape index (κ1) is 17.6. The predicted molar refractivity (Wildman–Crippen MR) is 89.8 cm³/mol. The molecular weight excluding hydrogens is 336 g/mol. The molecule has 1 atom stereocenters. The number of halogens is 1. The lowest BCUT2D eigenvalue weighted by molar-refractivity contribution is -0.386. The zero-order valence-corrected chi connectivity index (χ0v) is 13.7. The molecule has 24 heavy (non-hydrogen) atoms. The van der Waals surface area contributed by atoms with Crippen molar-refractivity contribution in [2.24, 2.45) is 0 Å². The van der Waals surface area contributed by atoms with Crippen LogP contribution in [0.1, 0.15) is 6.92 Å². The summed E-state index contributed by atoms with van der Waals surface area (Å²) in [4.78, 5) is 22.7. The van der Waals surface area contributed by atoms with Crippen LogP contribution in [0.3, 0.4) is 0 Å². The normalized spacial score (nSPS) is 11.5. The molecule has 0 saturated heterocycles. The summed E-state index contributed by atoms with van der Waals surface area (Å²) in [5.74, 6) is -0.0393. The summed E-state index contributed by atoms with van der Waals surface area (Å²) in [5.41, 5.74) is 0.172. The number of para-hydroxylation sites is 2. The highest BCUT2D eigenvalue weighted by atomic mass is 35.5. The van der Waals surface area contributed by atoms with Crippen molar-refractivity contribution in [3.8, 4) is 11.5 Å². The monoisotopic (exact) mass is 350 g/mol. The van der Waals surface area contributed by atoms with Gasteiger partial charge in [-0.2, -0.15) is 0 Å². The van der Waals surface area contributed by atoms with Gasteiger partial charge in [-0.15, -0.1) is 0 Å². The van der Waals surface area contributed by atoms with Gasteiger partial charge in [-0.05, 0) is 31.2 Å². The van der Waals surface area contributed by atoms with Crippen molar-refractivity contribution in [2.45, 2.75) is 13.0 Å². The van der Waals surface area contributed by atoms with Crippen LogP contribution in [0.15, 0.2) is 42.5 Å². The minimum absolute atomic E-state index is 0.0169. The van der Waals surface area contributed by atoms with Crippen molar-refractivity contribution in [3.05, 3.63) is 57.6 Å². The van der Waals surface area contributed by atoms with Crippen molar-refractivity contribution in [2.75, 3.05) is 12.4 Å². The maximum Gasteiger partial charge on any atom is 0.310 e. The lowest BCUT2D eigenvalue weighted by atomic mass is 10.2. The average molecular weight is 351 g/mol. The Morgan fingerprint density at radius 2 is 1.96 bits per heavy atom. The largest absolute Gasteiger partial charge is 0.495 e. The number of hydrogen-bond acceptors (Lipinski definition) is 5. The second-order valence-corrected chi connectivity index (χ2v) is 5.26. The molecule has 0 aliphatic heterocycles. The highest BCUT2D eigenvalue weighted by Crippen LogP contribution is 2.29.